The molecule has 0 radical (unpaired) electrons. The molecule has 5 nitrogen and oxygen atoms in total. The summed E-state index contributed by atoms with van der Waals surface area (Å²) in [6, 6.07) is 11.7. The van der Waals surface area contributed by atoms with Gasteiger partial charge in [0.25, 0.3) is 5.91 Å². The Labute approximate surface area is 200 Å². The molecule has 1 amide bonds. The average Bonchev–Trinajstić information content (AvgIpc) is 3.16. The van der Waals surface area contributed by atoms with Gasteiger partial charge >= 0.3 is 5.97 Å². The Balaban J connectivity index is 1.83. The fourth-order valence-electron chi connectivity index (χ4n) is 3.44. The van der Waals surface area contributed by atoms with Gasteiger partial charge in [-0.15, -0.1) is 11.3 Å². The number of anilines is 1. The van der Waals surface area contributed by atoms with E-state index in [0.717, 1.165) is 38.7 Å². The Morgan fingerprint density at radius 2 is 1.84 bits per heavy atom. The Morgan fingerprint density at radius 1 is 1.06 bits per heavy atom. The van der Waals surface area contributed by atoms with E-state index in [1.165, 1.54) is 11.3 Å². The van der Waals surface area contributed by atoms with E-state index in [4.69, 9.17) is 9.47 Å². The van der Waals surface area contributed by atoms with Gasteiger partial charge < -0.3 is 14.8 Å². The van der Waals surface area contributed by atoms with E-state index in [2.05, 4.69) is 27.3 Å². The zero-order valence-electron chi connectivity index (χ0n) is 18.6. The smallest absolute Gasteiger partial charge is 0.341 e. The maximum absolute atomic E-state index is 12.8. The minimum atomic E-state index is -0.457. The molecule has 0 atom stereocenters. The maximum atomic E-state index is 12.8. The third-order valence-electron chi connectivity index (χ3n) is 4.96. The van der Waals surface area contributed by atoms with Gasteiger partial charge in [0.2, 0.25) is 0 Å². The minimum Gasteiger partial charge on any atom is -0.483 e. The maximum Gasteiger partial charge on any atom is 0.341 e. The Hall–Kier alpha value is -2.64. The molecule has 1 aromatic heterocycles. The van der Waals surface area contributed by atoms with Crippen LogP contribution in [0.4, 0.5) is 5.00 Å². The van der Waals surface area contributed by atoms with Crippen LogP contribution in [0.15, 0.2) is 46.3 Å². The number of ether oxygens (including phenoxy) is 2. The van der Waals surface area contributed by atoms with Gasteiger partial charge in [-0.05, 0) is 62.1 Å². The van der Waals surface area contributed by atoms with Crippen molar-refractivity contribution in [3.63, 3.8) is 0 Å². The molecule has 1 heterocycles. The molecule has 2 aromatic carbocycles. The van der Waals surface area contributed by atoms with Crippen molar-refractivity contribution in [2.24, 2.45) is 0 Å². The van der Waals surface area contributed by atoms with E-state index >= 15 is 0 Å². The number of carbonyl (C=O) groups is 2. The van der Waals surface area contributed by atoms with Gasteiger partial charge in [-0.3, -0.25) is 4.79 Å². The minimum absolute atomic E-state index is 0.159. The highest BCUT2D eigenvalue weighted by atomic mass is 79.9. The first-order chi connectivity index (χ1) is 15.3. The van der Waals surface area contributed by atoms with Crippen molar-refractivity contribution in [3.05, 3.63) is 68.5 Å². The fourth-order valence-corrected chi connectivity index (χ4v) is 4.81. The fraction of sp³-hybridized carbons (Fsp3) is 0.280. The standard InChI is InChI=1S/C25H26BrNO4S/c1-5-17-12-18(26)8-10-21(17)31-13-22(28)27-24-23(25(29)30-6-2)20(14-32-24)19-9-7-15(3)11-16(19)4/h7-12,14H,5-6,13H2,1-4H3,(H,27,28). The normalized spacial score (nSPS) is 10.7. The Bertz CT molecular complexity index is 1140. The van der Waals surface area contributed by atoms with Crippen LogP contribution in [0.3, 0.4) is 0 Å². The van der Waals surface area contributed by atoms with Crippen LogP contribution in [-0.4, -0.2) is 25.1 Å². The molecular weight excluding hydrogens is 490 g/mol. The second-order valence-corrected chi connectivity index (χ2v) is 9.13. The van der Waals surface area contributed by atoms with Crippen molar-refractivity contribution >= 4 is 44.1 Å². The zero-order valence-corrected chi connectivity index (χ0v) is 21.0. The highest BCUT2D eigenvalue weighted by Crippen LogP contribution is 2.38. The number of hydrogen-bond donors (Lipinski definition) is 1. The summed E-state index contributed by atoms with van der Waals surface area (Å²) in [5.74, 6) is -0.130. The van der Waals surface area contributed by atoms with Crippen molar-refractivity contribution in [3.8, 4) is 16.9 Å². The van der Waals surface area contributed by atoms with E-state index in [9.17, 15) is 9.59 Å². The van der Waals surface area contributed by atoms with Gasteiger partial charge in [-0.2, -0.15) is 0 Å². The molecule has 3 aromatic rings. The molecule has 7 heteroatoms. The quantitative estimate of drug-likeness (QED) is 0.345. The lowest BCUT2D eigenvalue weighted by Gasteiger charge is -2.12. The van der Waals surface area contributed by atoms with Gasteiger partial charge in [-0.1, -0.05) is 46.6 Å². The van der Waals surface area contributed by atoms with Crippen molar-refractivity contribution in [1.82, 2.24) is 0 Å². The third kappa shape index (κ3) is 5.58. The number of amides is 1. The van der Waals surface area contributed by atoms with E-state index < -0.39 is 5.97 Å². The van der Waals surface area contributed by atoms with Crippen molar-refractivity contribution in [1.29, 1.82) is 0 Å². The number of thiophene rings is 1. The van der Waals surface area contributed by atoms with E-state index in [0.29, 0.717) is 16.3 Å². The Kier molecular flexibility index (Phi) is 8.10. The molecule has 32 heavy (non-hydrogen) atoms. The first kappa shape index (κ1) is 24.0. The average molecular weight is 516 g/mol. The third-order valence-corrected chi connectivity index (χ3v) is 6.35. The van der Waals surface area contributed by atoms with Crippen LogP contribution in [0.1, 0.15) is 40.9 Å². The van der Waals surface area contributed by atoms with Crippen LogP contribution in [0.2, 0.25) is 0 Å². The number of hydrogen-bond acceptors (Lipinski definition) is 5. The molecule has 0 saturated heterocycles. The second kappa shape index (κ2) is 10.8. The first-order valence-electron chi connectivity index (χ1n) is 10.4. The summed E-state index contributed by atoms with van der Waals surface area (Å²) in [5.41, 5.74) is 5.27. The molecule has 168 valence electrons. The lowest BCUT2D eigenvalue weighted by molar-refractivity contribution is -0.118. The highest BCUT2D eigenvalue weighted by Gasteiger charge is 2.23. The number of esters is 1. The lowest BCUT2D eigenvalue weighted by Crippen LogP contribution is -2.21. The summed E-state index contributed by atoms with van der Waals surface area (Å²) in [6.45, 7) is 7.91. The predicted octanol–water partition coefficient (Wildman–Crippen LogP) is 6.55. The number of carbonyl (C=O) groups excluding carboxylic acids is 2. The van der Waals surface area contributed by atoms with Gasteiger partial charge in [0.1, 0.15) is 16.3 Å². The monoisotopic (exact) mass is 515 g/mol. The highest BCUT2D eigenvalue weighted by molar-refractivity contribution is 9.10. The van der Waals surface area contributed by atoms with Crippen LogP contribution in [0.25, 0.3) is 11.1 Å². The number of benzene rings is 2. The summed E-state index contributed by atoms with van der Waals surface area (Å²) in [4.78, 5) is 25.4. The van der Waals surface area contributed by atoms with Crippen molar-refractivity contribution in [2.75, 3.05) is 18.5 Å². The molecule has 0 spiro atoms. The van der Waals surface area contributed by atoms with Crippen molar-refractivity contribution < 1.29 is 19.1 Å². The molecule has 0 fully saturated rings. The topological polar surface area (TPSA) is 64.6 Å². The van der Waals surface area contributed by atoms with E-state index in [1.807, 2.05) is 56.5 Å². The predicted molar refractivity (Wildman–Crippen MR) is 133 cm³/mol. The molecule has 0 aliphatic carbocycles. The second-order valence-electron chi connectivity index (χ2n) is 7.33. The van der Waals surface area contributed by atoms with Gasteiger partial charge in [0.05, 0.1) is 6.61 Å². The van der Waals surface area contributed by atoms with Crippen LogP contribution >= 0.6 is 27.3 Å². The zero-order chi connectivity index (χ0) is 23.3. The molecule has 1 N–H and O–H groups in total. The van der Waals surface area contributed by atoms with Gasteiger partial charge in [0.15, 0.2) is 6.61 Å². The molecule has 0 bridgehead atoms. The van der Waals surface area contributed by atoms with Crippen LogP contribution in [0, 0.1) is 13.8 Å². The molecule has 0 aliphatic heterocycles. The number of halogens is 1. The molecule has 0 saturated carbocycles. The molecule has 3 rings (SSSR count). The number of rotatable bonds is 8. The lowest BCUT2D eigenvalue weighted by atomic mass is 9.97. The first-order valence-corrected chi connectivity index (χ1v) is 12.1. The SMILES string of the molecule is CCOC(=O)c1c(-c2ccc(C)cc2C)csc1NC(=O)COc1ccc(Br)cc1CC. The summed E-state index contributed by atoms with van der Waals surface area (Å²) < 4.78 is 12.0. The van der Waals surface area contributed by atoms with Crippen molar-refractivity contribution in [2.45, 2.75) is 34.1 Å². The van der Waals surface area contributed by atoms with Crippen LogP contribution in [-0.2, 0) is 16.0 Å². The van der Waals surface area contributed by atoms with E-state index in [-0.39, 0.29) is 19.1 Å². The van der Waals surface area contributed by atoms with Crippen LogP contribution in [0.5, 0.6) is 5.75 Å². The molecule has 0 unspecified atom stereocenters. The number of aryl methyl sites for hydroxylation is 3. The largest absolute Gasteiger partial charge is 0.483 e. The summed E-state index contributed by atoms with van der Waals surface area (Å²) >= 11 is 4.75. The summed E-state index contributed by atoms with van der Waals surface area (Å²) in [6.07, 6.45) is 0.785. The van der Waals surface area contributed by atoms with E-state index in [1.54, 1.807) is 6.92 Å². The van der Waals surface area contributed by atoms with Gasteiger partial charge in [0, 0.05) is 15.4 Å². The molecular formula is C25H26BrNO4S. The Morgan fingerprint density at radius 3 is 2.53 bits per heavy atom. The van der Waals surface area contributed by atoms with Crippen LogP contribution < -0.4 is 10.1 Å². The summed E-state index contributed by atoms with van der Waals surface area (Å²) in [5, 5.41) is 5.17. The van der Waals surface area contributed by atoms with Gasteiger partial charge in [-0.25, -0.2) is 4.79 Å². The summed E-state index contributed by atoms with van der Waals surface area (Å²) in [7, 11) is 0. The number of nitrogens with one attached hydrogen (secondary N) is 1. The molecule has 0 aliphatic rings.